The second kappa shape index (κ2) is 9.31. The molecule has 2 saturated heterocycles. The van der Waals surface area contributed by atoms with Crippen LogP contribution in [0.2, 0.25) is 0 Å². The lowest BCUT2D eigenvalue weighted by Gasteiger charge is -2.35. The summed E-state index contributed by atoms with van der Waals surface area (Å²) in [4.78, 5) is 37.4. The standard InChI is InChI=1S/C27H29N5O4/c1-35-19-6-7-23-20(15-19)21(22-14-18-4-2-8-28-26(18)29-22)16-32(23)17-25(33)30-9-11-31(12-10-30)27(34)24-5-3-13-36-24/h2,4,6-8,14-16,24H,3,5,9-13,17H2,1H3,(H,28,29). The van der Waals surface area contributed by atoms with Crippen molar-refractivity contribution in [3.05, 3.63) is 48.8 Å². The molecule has 0 radical (unpaired) electrons. The first-order valence-corrected chi connectivity index (χ1v) is 12.4. The number of nitrogens with one attached hydrogen (secondary N) is 1. The molecule has 36 heavy (non-hydrogen) atoms. The van der Waals surface area contributed by atoms with Crippen LogP contribution in [-0.2, 0) is 20.9 Å². The average molecular weight is 488 g/mol. The van der Waals surface area contributed by atoms with E-state index >= 15 is 0 Å². The Hall–Kier alpha value is -3.85. The maximum atomic E-state index is 13.3. The Morgan fingerprint density at radius 1 is 1.14 bits per heavy atom. The van der Waals surface area contributed by atoms with Gasteiger partial charge >= 0.3 is 0 Å². The van der Waals surface area contributed by atoms with Crippen LogP contribution in [0.3, 0.4) is 0 Å². The number of carbonyl (C=O) groups excluding carboxylic acids is 2. The quantitative estimate of drug-likeness (QED) is 0.467. The van der Waals surface area contributed by atoms with Crippen molar-refractivity contribution in [3.8, 4) is 17.0 Å². The Morgan fingerprint density at radius 3 is 2.72 bits per heavy atom. The molecule has 0 bridgehead atoms. The van der Waals surface area contributed by atoms with E-state index < -0.39 is 0 Å². The van der Waals surface area contributed by atoms with E-state index in [1.54, 1.807) is 13.3 Å². The minimum Gasteiger partial charge on any atom is -0.497 e. The lowest BCUT2D eigenvalue weighted by atomic mass is 10.1. The summed E-state index contributed by atoms with van der Waals surface area (Å²) in [6.45, 7) is 3.03. The van der Waals surface area contributed by atoms with Gasteiger partial charge in [0.05, 0.1) is 7.11 Å². The first-order chi connectivity index (χ1) is 17.6. The molecule has 2 aliphatic heterocycles. The smallest absolute Gasteiger partial charge is 0.251 e. The second-order valence-electron chi connectivity index (χ2n) is 9.39. The molecule has 9 heteroatoms. The zero-order valence-corrected chi connectivity index (χ0v) is 20.3. The average Bonchev–Trinajstić information content (AvgIpc) is 3.67. The number of ether oxygens (including phenoxy) is 2. The highest BCUT2D eigenvalue weighted by Crippen LogP contribution is 2.34. The highest BCUT2D eigenvalue weighted by atomic mass is 16.5. The number of hydrogen-bond donors (Lipinski definition) is 1. The van der Waals surface area contributed by atoms with E-state index in [1.165, 1.54) is 0 Å². The van der Waals surface area contributed by atoms with Crippen LogP contribution in [-0.4, -0.2) is 82.1 Å². The lowest BCUT2D eigenvalue weighted by molar-refractivity contribution is -0.146. The number of aromatic amines is 1. The molecule has 0 aliphatic carbocycles. The number of pyridine rings is 1. The van der Waals surface area contributed by atoms with Gasteiger partial charge in [0.15, 0.2) is 0 Å². The van der Waals surface area contributed by atoms with Crippen LogP contribution in [0.5, 0.6) is 5.75 Å². The monoisotopic (exact) mass is 487 g/mol. The molecule has 1 unspecified atom stereocenters. The fourth-order valence-corrected chi connectivity index (χ4v) is 5.25. The number of carbonyl (C=O) groups is 2. The molecule has 1 atom stereocenters. The van der Waals surface area contributed by atoms with Gasteiger partial charge in [-0.05, 0) is 49.2 Å². The van der Waals surface area contributed by atoms with Gasteiger partial charge in [-0.2, -0.15) is 0 Å². The first kappa shape index (κ1) is 22.6. The number of hydrogen-bond acceptors (Lipinski definition) is 5. The van der Waals surface area contributed by atoms with Crippen LogP contribution >= 0.6 is 0 Å². The molecule has 2 aliphatic rings. The Kier molecular flexibility index (Phi) is 5.85. The Balaban J connectivity index is 1.23. The van der Waals surface area contributed by atoms with Crippen molar-refractivity contribution in [3.63, 3.8) is 0 Å². The van der Waals surface area contributed by atoms with Crippen LogP contribution in [0.4, 0.5) is 0 Å². The SMILES string of the molecule is COc1ccc2c(c1)c(-c1cc3cccnc3[nH]1)cn2CC(=O)N1CCN(C(=O)C2CCCO2)CC1. The van der Waals surface area contributed by atoms with E-state index in [2.05, 4.69) is 16.0 Å². The summed E-state index contributed by atoms with van der Waals surface area (Å²) in [7, 11) is 1.65. The van der Waals surface area contributed by atoms with E-state index in [1.807, 2.05) is 50.9 Å². The molecule has 0 spiro atoms. The zero-order valence-electron chi connectivity index (χ0n) is 20.3. The molecule has 0 saturated carbocycles. The van der Waals surface area contributed by atoms with Crippen molar-refractivity contribution in [2.75, 3.05) is 39.9 Å². The molecule has 1 N–H and O–H groups in total. The van der Waals surface area contributed by atoms with E-state index in [4.69, 9.17) is 9.47 Å². The van der Waals surface area contributed by atoms with Crippen molar-refractivity contribution < 1.29 is 19.1 Å². The van der Waals surface area contributed by atoms with Gasteiger partial charge in [-0.15, -0.1) is 0 Å². The van der Waals surface area contributed by atoms with Crippen molar-refractivity contribution in [1.29, 1.82) is 0 Å². The van der Waals surface area contributed by atoms with Crippen LogP contribution in [0.1, 0.15) is 12.8 Å². The van der Waals surface area contributed by atoms with Crippen LogP contribution < -0.4 is 4.74 Å². The van der Waals surface area contributed by atoms with E-state index in [9.17, 15) is 9.59 Å². The fourth-order valence-electron chi connectivity index (χ4n) is 5.25. The molecule has 9 nitrogen and oxygen atoms in total. The fraction of sp³-hybridized carbons (Fsp3) is 0.370. The molecule has 2 fully saturated rings. The minimum atomic E-state index is -0.311. The number of methoxy groups -OCH3 is 1. The number of H-pyrrole nitrogens is 1. The topological polar surface area (TPSA) is 92.7 Å². The number of piperazine rings is 1. The summed E-state index contributed by atoms with van der Waals surface area (Å²) < 4.78 is 13.0. The molecule has 5 heterocycles. The highest BCUT2D eigenvalue weighted by Gasteiger charge is 2.31. The number of aromatic nitrogens is 3. The molecule has 2 amide bonds. The summed E-state index contributed by atoms with van der Waals surface area (Å²) in [6, 6.07) is 11.9. The molecule has 3 aromatic heterocycles. The minimum absolute atomic E-state index is 0.0387. The molecule has 4 aromatic rings. The highest BCUT2D eigenvalue weighted by molar-refractivity contribution is 5.99. The van der Waals surface area contributed by atoms with E-state index in [0.717, 1.165) is 51.8 Å². The number of nitrogens with zero attached hydrogens (tertiary/aromatic N) is 4. The van der Waals surface area contributed by atoms with Gasteiger partial charge in [0, 0.05) is 72.7 Å². The Morgan fingerprint density at radius 2 is 1.97 bits per heavy atom. The Bertz CT molecular complexity index is 1390. The third kappa shape index (κ3) is 4.09. The maximum Gasteiger partial charge on any atom is 0.251 e. The predicted octanol–water partition coefficient (Wildman–Crippen LogP) is 3.04. The molecular formula is C27H29N5O4. The first-order valence-electron chi connectivity index (χ1n) is 12.4. The molecular weight excluding hydrogens is 458 g/mol. The molecule has 186 valence electrons. The third-order valence-electron chi connectivity index (χ3n) is 7.23. The van der Waals surface area contributed by atoms with Crippen molar-refractivity contribution >= 4 is 33.8 Å². The number of amides is 2. The zero-order chi connectivity index (χ0) is 24.6. The van der Waals surface area contributed by atoms with E-state index in [0.29, 0.717) is 32.8 Å². The summed E-state index contributed by atoms with van der Waals surface area (Å²) in [6.07, 6.45) is 5.20. The summed E-state index contributed by atoms with van der Waals surface area (Å²) >= 11 is 0. The molecule has 6 rings (SSSR count). The normalized spacial score (nSPS) is 18.3. The molecule has 1 aromatic carbocycles. The van der Waals surface area contributed by atoms with Crippen LogP contribution in [0.15, 0.2) is 48.8 Å². The number of fused-ring (bicyclic) bond motifs is 2. The van der Waals surface area contributed by atoms with Crippen molar-refractivity contribution in [2.45, 2.75) is 25.5 Å². The van der Waals surface area contributed by atoms with Gasteiger partial charge in [0.1, 0.15) is 24.0 Å². The van der Waals surface area contributed by atoms with Crippen LogP contribution in [0.25, 0.3) is 33.2 Å². The van der Waals surface area contributed by atoms with Crippen molar-refractivity contribution in [1.82, 2.24) is 24.3 Å². The Labute approximate surface area is 208 Å². The number of benzene rings is 1. The number of rotatable bonds is 5. The largest absolute Gasteiger partial charge is 0.497 e. The summed E-state index contributed by atoms with van der Waals surface area (Å²) in [5.74, 6) is 0.855. The van der Waals surface area contributed by atoms with Gasteiger partial charge < -0.3 is 28.8 Å². The predicted molar refractivity (Wildman–Crippen MR) is 136 cm³/mol. The van der Waals surface area contributed by atoms with Crippen molar-refractivity contribution in [2.24, 2.45) is 0 Å². The lowest BCUT2D eigenvalue weighted by Crippen LogP contribution is -2.53. The van der Waals surface area contributed by atoms with Gasteiger partial charge in [-0.1, -0.05) is 0 Å². The maximum absolute atomic E-state index is 13.3. The van der Waals surface area contributed by atoms with Gasteiger partial charge in [-0.25, -0.2) is 4.98 Å². The summed E-state index contributed by atoms with van der Waals surface area (Å²) in [5.41, 5.74) is 3.71. The van der Waals surface area contributed by atoms with Gasteiger partial charge in [-0.3, -0.25) is 9.59 Å². The summed E-state index contributed by atoms with van der Waals surface area (Å²) in [5, 5.41) is 2.03. The third-order valence-corrected chi connectivity index (χ3v) is 7.23. The second-order valence-corrected chi connectivity index (χ2v) is 9.39. The van der Waals surface area contributed by atoms with E-state index in [-0.39, 0.29) is 24.5 Å². The van der Waals surface area contributed by atoms with Crippen LogP contribution in [0, 0.1) is 0 Å². The van der Waals surface area contributed by atoms with Gasteiger partial charge in [0.2, 0.25) is 5.91 Å². The van der Waals surface area contributed by atoms with Gasteiger partial charge in [0.25, 0.3) is 5.91 Å².